The molecule has 2 aromatic heterocycles. The summed E-state index contributed by atoms with van der Waals surface area (Å²) in [4.78, 5) is 43.2. The molecule has 0 saturated carbocycles. The number of H-pyrrole nitrogens is 1. The van der Waals surface area contributed by atoms with E-state index in [0.717, 1.165) is 38.1 Å². The van der Waals surface area contributed by atoms with Crippen LogP contribution in [0.4, 0.5) is 30.5 Å². The monoisotopic (exact) mass is 632 g/mol. The second-order valence-electron chi connectivity index (χ2n) is 11.6. The molecule has 2 saturated heterocycles. The average Bonchev–Trinajstić information content (AvgIpc) is 3.49. The van der Waals surface area contributed by atoms with Crippen LogP contribution in [0.1, 0.15) is 28.8 Å². The Kier molecular flexibility index (Phi) is 8.67. The lowest BCUT2D eigenvalue weighted by Crippen LogP contribution is -2.45. The van der Waals surface area contributed by atoms with E-state index in [9.17, 15) is 22.8 Å². The highest BCUT2D eigenvalue weighted by atomic mass is 19.4. The van der Waals surface area contributed by atoms with Crippen molar-refractivity contribution in [1.82, 2.24) is 24.8 Å². The third kappa shape index (κ3) is 6.54. The molecule has 2 fully saturated rings. The number of halogens is 3. The number of para-hydroxylation sites is 1. The van der Waals surface area contributed by atoms with Crippen molar-refractivity contribution in [3.05, 3.63) is 78.6 Å². The standard InChI is InChI=1S/C33H35F3N8O2/c1-3-29(45)40-27-9-8-21(18-28(27)43-16-14-42(2)15-17-43)31(46)44-12-10-22(11-13-44)39-32-38-20-25(33(34,35)36)30(41-32)24-19-37-26-7-5-4-6-23(24)26/h3-9,18-20,22,37H,1,10-17H2,2H3,(H,40,45)(H,38,39,41). The van der Waals surface area contributed by atoms with Gasteiger partial charge < -0.3 is 30.3 Å². The molecule has 2 amide bonds. The number of anilines is 3. The summed E-state index contributed by atoms with van der Waals surface area (Å²) in [5.74, 6) is -0.343. The van der Waals surface area contributed by atoms with E-state index in [1.807, 2.05) is 12.1 Å². The summed E-state index contributed by atoms with van der Waals surface area (Å²) in [6, 6.07) is 12.3. The number of piperidine rings is 1. The molecule has 6 rings (SSSR count). The highest BCUT2D eigenvalue weighted by Crippen LogP contribution is 2.39. The lowest BCUT2D eigenvalue weighted by molar-refractivity contribution is -0.137. The first-order chi connectivity index (χ1) is 22.1. The first-order valence-corrected chi connectivity index (χ1v) is 15.2. The number of hydrogen-bond acceptors (Lipinski definition) is 7. The minimum absolute atomic E-state index is 0.104. The number of carbonyl (C=O) groups excluding carboxylic acids is 2. The Morgan fingerprint density at radius 2 is 1.78 bits per heavy atom. The van der Waals surface area contributed by atoms with Gasteiger partial charge in [-0.2, -0.15) is 13.2 Å². The van der Waals surface area contributed by atoms with Gasteiger partial charge >= 0.3 is 6.18 Å². The van der Waals surface area contributed by atoms with Crippen molar-refractivity contribution in [3.63, 3.8) is 0 Å². The number of carbonyl (C=O) groups is 2. The zero-order valence-electron chi connectivity index (χ0n) is 25.4. The Morgan fingerprint density at radius 1 is 1.04 bits per heavy atom. The van der Waals surface area contributed by atoms with E-state index in [2.05, 4.69) is 49.0 Å². The van der Waals surface area contributed by atoms with Crippen LogP contribution in [0.5, 0.6) is 0 Å². The van der Waals surface area contributed by atoms with Gasteiger partial charge in [0.05, 0.1) is 17.1 Å². The van der Waals surface area contributed by atoms with Gasteiger partial charge in [-0.1, -0.05) is 24.8 Å². The average molecular weight is 633 g/mol. The molecule has 4 heterocycles. The van der Waals surface area contributed by atoms with E-state index in [0.29, 0.717) is 53.6 Å². The summed E-state index contributed by atoms with van der Waals surface area (Å²) < 4.78 is 41.9. The first-order valence-electron chi connectivity index (χ1n) is 15.2. The molecule has 0 aliphatic carbocycles. The van der Waals surface area contributed by atoms with Crippen molar-refractivity contribution in [2.45, 2.75) is 25.1 Å². The molecule has 2 aromatic carbocycles. The number of likely N-dealkylation sites (tertiary alicyclic amines) is 1. The Morgan fingerprint density at radius 3 is 2.50 bits per heavy atom. The van der Waals surface area contributed by atoms with Crippen LogP contribution in [-0.2, 0) is 11.0 Å². The van der Waals surface area contributed by atoms with Crippen molar-refractivity contribution in [3.8, 4) is 11.3 Å². The molecule has 2 aliphatic rings. The summed E-state index contributed by atoms with van der Waals surface area (Å²) in [7, 11) is 2.06. The number of fused-ring (bicyclic) bond motifs is 1. The molecule has 13 heteroatoms. The van der Waals surface area contributed by atoms with E-state index < -0.39 is 11.7 Å². The number of nitrogens with one attached hydrogen (secondary N) is 3. The maximum absolute atomic E-state index is 14.0. The van der Waals surface area contributed by atoms with Gasteiger partial charge in [0.2, 0.25) is 11.9 Å². The van der Waals surface area contributed by atoms with E-state index in [1.54, 1.807) is 35.2 Å². The normalized spacial score (nSPS) is 16.4. The zero-order valence-corrected chi connectivity index (χ0v) is 25.4. The minimum atomic E-state index is -4.63. The molecule has 4 aromatic rings. The number of likely N-dealkylation sites (N-methyl/N-ethyl adjacent to an activating group) is 1. The fourth-order valence-corrected chi connectivity index (χ4v) is 5.99. The number of piperazine rings is 1. The minimum Gasteiger partial charge on any atom is -0.367 e. The van der Waals surface area contributed by atoms with Gasteiger partial charge in [0, 0.05) is 79.7 Å². The fourth-order valence-electron chi connectivity index (χ4n) is 5.99. The third-order valence-corrected chi connectivity index (χ3v) is 8.59. The van der Waals surface area contributed by atoms with Gasteiger partial charge in [0.1, 0.15) is 5.56 Å². The Balaban J connectivity index is 1.16. The molecular formula is C33H35F3N8O2. The Hall–Kier alpha value is -4.91. The molecule has 46 heavy (non-hydrogen) atoms. The van der Waals surface area contributed by atoms with Crippen LogP contribution < -0.4 is 15.5 Å². The van der Waals surface area contributed by atoms with Crippen LogP contribution in [0.15, 0.2) is 67.5 Å². The molecular weight excluding hydrogens is 597 g/mol. The molecule has 0 bridgehead atoms. The predicted octanol–water partition coefficient (Wildman–Crippen LogP) is 5.24. The van der Waals surface area contributed by atoms with Crippen LogP contribution in [0.25, 0.3) is 22.2 Å². The Bertz CT molecular complexity index is 1760. The maximum Gasteiger partial charge on any atom is 0.419 e. The van der Waals surface area contributed by atoms with Crippen molar-refractivity contribution in [1.29, 1.82) is 0 Å². The number of aromatic nitrogens is 3. The summed E-state index contributed by atoms with van der Waals surface area (Å²) in [5.41, 5.74) is 1.88. The molecule has 240 valence electrons. The molecule has 0 unspecified atom stereocenters. The summed E-state index contributed by atoms with van der Waals surface area (Å²) in [6.07, 6.45) is 0.0748. The van der Waals surface area contributed by atoms with Crippen LogP contribution >= 0.6 is 0 Å². The van der Waals surface area contributed by atoms with Gasteiger partial charge in [-0.15, -0.1) is 0 Å². The fraction of sp³-hybridized carbons (Fsp3) is 0.333. The predicted molar refractivity (Wildman–Crippen MR) is 172 cm³/mol. The SMILES string of the molecule is C=CC(=O)Nc1ccc(C(=O)N2CCC(Nc3ncc(C(F)(F)F)c(-c4c[nH]c5ccccc45)n3)CC2)cc1N1CCN(C)CC1. The number of hydrogen-bond donors (Lipinski definition) is 3. The molecule has 0 atom stereocenters. The third-order valence-electron chi connectivity index (χ3n) is 8.59. The summed E-state index contributed by atoms with van der Waals surface area (Å²) in [6.45, 7) is 7.68. The van der Waals surface area contributed by atoms with Crippen molar-refractivity contribution in [2.24, 2.45) is 0 Å². The zero-order chi connectivity index (χ0) is 32.4. The van der Waals surface area contributed by atoms with E-state index >= 15 is 0 Å². The Labute approximate surface area is 264 Å². The smallest absolute Gasteiger partial charge is 0.367 e. The second kappa shape index (κ2) is 12.8. The maximum atomic E-state index is 14.0. The van der Waals surface area contributed by atoms with Gasteiger partial charge in [-0.25, -0.2) is 9.97 Å². The number of benzene rings is 2. The highest BCUT2D eigenvalue weighted by Gasteiger charge is 2.36. The van der Waals surface area contributed by atoms with E-state index in [4.69, 9.17) is 0 Å². The summed E-state index contributed by atoms with van der Waals surface area (Å²) >= 11 is 0. The molecule has 2 aliphatic heterocycles. The number of amides is 2. The molecule has 10 nitrogen and oxygen atoms in total. The quantitative estimate of drug-likeness (QED) is 0.239. The highest BCUT2D eigenvalue weighted by molar-refractivity contribution is 6.03. The molecule has 3 N–H and O–H groups in total. The lowest BCUT2D eigenvalue weighted by atomic mass is 10.0. The summed E-state index contributed by atoms with van der Waals surface area (Å²) in [5, 5.41) is 6.69. The molecule has 0 spiro atoms. The van der Waals surface area contributed by atoms with Crippen molar-refractivity contribution in [2.75, 3.05) is 61.8 Å². The topological polar surface area (TPSA) is 109 Å². The number of nitrogens with zero attached hydrogens (tertiary/aromatic N) is 5. The van der Waals surface area contributed by atoms with Gasteiger partial charge in [0.15, 0.2) is 0 Å². The van der Waals surface area contributed by atoms with Crippen LogP contribution in [0.3, 0.4) is 0 Å². The number of aromatic amines is 1. The van der Waals surface area contributed by atoms with E-state index in [-0.39, 0.29) is 29.5 Å². The van der Waals surface area contributed by atoms with Gasteiger partial charge in [0.25, 0.3) is 5.91 Å². The van der Waals surface area contributed by atoms with Crippen molar-refractivity contribution < 1.29 is 22.8 Å². The molecule has 0 radical (unpaired) electrons. The van der Waals surface area contributed by atoms with Gasteiger partial charge in [-0.05, 0) is 50.2 Å². The first kappa shape index (κ1) is 31.1. The van der Waals surface area contributed by atoms with Crippen LogP contribution in [-0.4, -0.2) is 88.9 Å². The van der Waals surface area contributed by atoms with Gasteiger partial charge in [-0.3, -0.25) is 9.59 Å². The second-order valence-corrected chi connectivity index (χ2v) is 11.6. The van der Waals surface area contributed by atoms with Crippen LogP contribution in [0, 0.1) is 0 Å². The van der Waals surface area contributed by atoms with E-state index in [1.165, 1.54) is 12.3 Å². The number of alkyl halides is 3. The number of rotatable bonds is 7. The van der Waals surface area contributed by atoms with Crippen LogP contribution in [0.2, 0.25) is 0 Å². The largest absolute Gasteiger partial charge is 0.419 e. The van der Waals surface area contributed by atoms with Crippen molar-refractivity contribution >= 4 is 40.0 Å². The lowest BCUT2D eigenvalue weighted by Gasteiger charge is -2.36.